The van der Waals surface area contributed by atoms with Crippen LogP contribution >= 0.6 is 22.7 Å². The second kappa shape index (κ2) is 5.63. The van der Waals surface area contributed by atoms with E-state index < -0.39 is 5.60 Å². The number of carbonyl (C=O) groups is 1. The van der Waals surface area contributed by atoms with Gasteiger partial charge in [-0.15, -0.1) is 22.7 Å². The molecule has 0 aromatic carbocycles. The Hall–Kier alpha value is -1.24. The van der Waals surface area contributed by atoms with Gasteiger partial charge in [0.1, 0.15) is 5.01 Å². The van der Waals surface area contributed by atoms with Gasteiger partial charge in [-0.2, -0.15) is 0 Å². The molecule has 4 nitrogen and oxygen atoms in total. The standard InChI is InChI=1S/C14H16N2O2S2/c17-12(15-9-14(18)4-2-5-14)7-10-8-20-13(16-10)11-3-1-6-19-11/h1,3,6,8,18H,2,4-5,7,9H2,(H,15,17). The lowest BCUT2D eigenvalue weighted by Crippen LogP contribution is -2.48. The normalized spacial score (nSPS) is 16.6. The summed E-state index contributed by atoms with van der Waals surface area (Å²) in [6.45, 7) is 0.355. The molecule has 106 valence electrons. The zero-order valence-electron chi connectivity index (χ0n) is 11.0. The Morgan fingerprint density at radius 2 is 2.30 bits per heavy atom. The number of aromatic nitrogens is 1. The number of thiazole rings is 1. The Labute approximate surface area is 125 Å². The minimum Gasteiger partial charge on any atom is -0.388 e. The van der Waals surface area contributed by atoms with Crippen LogP contribution in [0.1, 0.15) is 25.0 Å². The molecule has 1 aliphatic carbocycles. The predicted octanol–water partition coefficient (Wildman–Crippen LogP) is 2.45. The van der Waals surface area contributed by atoms with Crippen LogP contribution in [0.5, 0.6) is 0 Å². The summed E-state index contributed by atoms with van der Waals surface area (Å²) < 4.78 is 0. The van der Waals surface area contributed by atoms with E-state index in [0.29, 0.717) is 6.54 Å². The molecule has 1 saturated carbocycles. The maximum atomic E-state index is 11.8. The molecule has 0 atom stereocenters. The van der Waals surface area contributed by atoms with Gasteiger partial charge < -0.3 is 10.4 Å². The molecule has 0 radical (unpaired) electrons. The van der Waals surface area contributed by atoms with Gasteiger partial charge in [0, 0.05) is 11.9 Å². The van der Waals surface area contributed by atoms with Gasteiger partial charge in [0.2, 0.25) is 5.91 Å². The van der Waals surface area contributed by atoms with E-state index in [1.165, 1.54) is 0 Å². The molecule has 2 heterocycles. The lowest BCUT2D eigenvalue weighted by molar-refractivity contribution is -0.122. The summed E-state index contributed by atoms with van der Waals surface area (Å²) in [7, 11) is 0. The lowest BCUT2D eigenvalue weighted by Gasteiger charge is -2.36. The van der Waals surface area contributed by atoms with E-state index in [-0.39, 0.29) is 12.3 Å². The van der Waals surface area contributed by atoms with Crippen molar-refractivity contribution in [3.63, 3.8) is 0 Å². The highest BCUT2D eigenvalue weighted by molar-refractivity contribution is 7.20. The molecular formula is C14H16N2O2S2. The van der Waals surface area contributed by atoms with Gasteiger partial charge in [-0.3, -0.25) is 4.79 Å². The van der Waals surface area contributed by atoms with Crippen molar-refractivity contribution >= 4 is 28.6 Å². The average Bonchev–Trinajstić information content (AvgIpc) is 3.04. The molecule has 20 heavy (non-hydrogen) atoms. The van der Waals surface area contributed by atoms with Crippen LogP contribution in [-0.4, -0.2) is 28.1 Å². The van der Waals surface area contributed by atoms with Crippen LogP contribution < -0.4 is 5.32 Å². The molecule has 1 amide bonds. The van der Waals surface area contributed by atoms with Crippen LogP contribution in [0.2, 0.25) is 0 Å². The minimum absolute atomic E-state index is 0.0756. The summed E-state index contributed by atoms with van der Waals surface area (Å²) in [6.07, 6.45) is 2.89. The van der Waals surface area contributed by atoms with Gasteiger partial charge in [0.25, 0.3) is 0 Å². The first kappa shape index (κ1) is 13.7. The zero-order chi connectivity index (χ0) is 14.0. The van der Waals surface area contributed by atoms with Gasteiger partial charge in [-0.05, 0) is 30.7 Å². The fourth-order valence-electron chi connectivity index (χ4n) is 2.15. The highest BCUT2D eigenvalue weighted by Crippen LogP contribution is 2.30. The van der Waals surface area contributed by atoms with Crippen LogP contribution in [0.25, 0.3) is 9.88 Å². The summed E-state index contributed by atoms with van der Waals surface area (Å²) in [5.41, 5.74) is 0.122. The number of aliphatic hydroxyl groups is 1. The topological polar surface area (TPSA) is 62.2 Å². The summed E-state index contributed by atoms with van der Waals surface area (Å²) >= 11 is 3.21. The number of hydrogen-bond acceptors (Lipinski definition) is 5. The van der Waals surface area contributed by atoms with Gasteiger partial charge in [0.05, 0.1) is 22.6 Å². The summed E-state index contributed by atoms with van der Waals surface area (Å²) in [5.74, 6) is -0.0756. The summed E-state index contributed by atoms with van der Waals surface area (Å²) in [6, 6.07) is 4.02. The highest BCUT2D eigenvalue weighted by Gasteiger charge is 2.34. The average molecular weight is 308 g/mol. The highest BCUT2D eigenvalue weighted by atomic mass is 32.1. The Kier molecular flexibility index (Phi) is 3.87. The number of carbonyl (C=O) groups excluding carboxylic acids is 1. The van der Waals surface area contributed by atoms with Crippen molar-refractivity contribution in [3.05, 3.63) is 28.6 Å². The number of thiophene rings is 1. The first-order chi connectivity index (χ1) is 9.65. The van der Waals surface area contributed by atoms with E-state index >= 15 is 0 Å². The molecule has 2 aromatic heterocycles. The maximum Gasteiger partial charge on any atom is 0.226 e. The first-order valence-corrected chi connectivity index (χ1v) is 8.38. The molecule has 0 spiro atoms. The smallest absolute Gasteiger partial charge is 0.226 e. The monoisotopic (exact) mass is 308 g/mol. The molecule has 3 rings (SSSR count). The van der Waals surface area contributed by atoms with Gasteiger partial charge in [0.15, 0.2) is 0 Å². The van der Waals surface area contributed by atoms with Crippen LogP contribution in [0.4, 0.5) is 0 Å². The minimum atomic E-state index is -0.667. The fraction of sp³-hybridized carbons (Fsp3) is 0.429. The zero-order valence-corrected chi connectivity index (χ0v) is 12.6. The van der Waals surface area contributed by atoms with Crippen molar-refractivity contribution in [2.24, 2.45) is 0 Å². The van der Waals surface area contributed by atoms with E-state index in [0.717, 1.165) is 34.8 Å². The molecule has 0 aliphatic heterocycles. The Bertz CT molecular complexity index is 588. The van der Waals surface area contributed by atoms with Crippen LogP contribution in [0, 0.1) is 0 Å². The Morgan fingerprint density at radius 3 is 2.95 bits per heavy atom. The van der Waals surface area contributed by atoms with Gasteiger partial charge in [-0.25, -0.2) is 4.98 Å². The summed E-state index contributed by atoms with van der Waals surface area (Å²) in [5, 5.41) is 17.6. The van der Waals surface area contributed by atoms with Crippen LogP contribution in [0.3, 0.4) is 0 Å². The third-order valence-electron chi connectivity index (χ3n) is 3.52. The first-order valence-electron chi connectivity index (χ1n) is 6.62. The summed E-state index contributed by atoms with van der Waals surface area (Å²) in [4.78, 5) is 17.4. The molecule has 0 bridgehead atoms. The van der Waals surface area contributed by atoms with E-state index in [1.54, 1.807) is 22.7 Å². The van der Waals surface area contributed by atoms with E-state index in [2.05, 4.69) is 10.3 Å². The quantitative estimate of drug-likeness (QED) is 0.892. The molecule has 2 N–H and O–H groups in total. The molecule has 6 heteroatoms. The van der Waals surface area contributed by atoms with Gasteiger partial charge in [-0.1, -0.05) is 6.07 Å². The number of nitrogens with zero attached hydrogens (tertiary/aromatic N) is 1. The lowest BCUT2D eigenvalue weighted by atomic mass is 9.80. The molecule has 1 fully saturated rings. The Balaban J connectivity index is 1.54. The molecule has 0 unspecified atom stereocenters. The largest absolute Gasteiger partial charge is 0.388 e. The van der Waals surface area contributed by atoms with Crippen molar-refractivity contribution in [2.75, 3.05) is 6.54 Å². The van der Waals surface area contributed by atoms with Crippen molar-refractivity contribution in [2.45, 2.75) is 31.3 Å². The number of hydrogen-bond donors (Lipinski definition) is 2. The Morgan fingerprint density at radius 1 is 1.45 bits per heavy atom. The van der Waals surface area contributed by atoms with E-state index in [4.69, 9.17) is 0 Å². The second-order valence-corrected chi connectivity index (χ2v) is 6.96. The number of amides is 1. The van der Waals surface area contributed by atoms with E-state index in [1.807, 2.05) is 22.9 Å². The van der Waals surface area contributed by atoms with Crippen molar-refractivity contribution < 1.29 is 9.90 Å². The van der Waals surface area contributed by atoms with Crippen molar-refractivity contribution in [1.29, 1.82) is 0 Å². The fourth-order valence-corrected chi connectivity index (χ4v) is 3.79. The molecule has 0 saturated heterocycles. The van der Waals surface area contributed by atoms with Crippen LogP contribution in [0.15, 0.2) is 22.9 Å². The molecule has 2 aromatic rings. The van der Waals surface area contributed by atoms with Crippen molar-refractivity contribution in [3.8, 4) is 9.88 Å². The third kappa shape index (κ3) is 3.08. The van der Waals surface area contributed by atoms with Crippen LogP contribution in [-0.2, 0) is 11.2 Å². The third-order valence-corrected chi connectivity index (χ3v) is 5.45. The van der Waals surface area contributed by atoms with Gasteiger partial charge >= 0.3 is 0 Å². The van der Waals surface area contributed by atoms with E-state index in [9.17, 15) is 9.90 Å². The molecule has 1 aliphatic rings. The predicted molar refractivity (Wildman–Crippen MR) is 80.9 cm³/mol. The van der Waals surface area contributed by atoms with Crippen molar-refractivity contribution in [1.82, 2.24) is 10.3 Å². The number of nitrogens with one attached hydrogen (secondary N) is 1. The number of rotatable bonds is 5. The second-order valence-electron chi connectivity index (χ2n) is 5.15. The maximum absolute atomic E-state index is 11.8. The SMILES string of the molecule is O=C(Cc1csc(-c2cccs2)n1)NCC1(O)CCC1. The molecular weight excluding hydrogens is 292 g/mol.